The van der Waals surface area contributed by atoms with Gasteiger partial charge >= 0.3 is 0 Å². The molecule has 1 aromatic heterocycles. The number of hydrogen-bond donors (Lipinski definition) is 1. The number of hydrogen-bond acceptors (Lipinski definition) is 4. The molecule has 2 rings (SSSR count). The maximum Gasteiger partial charge on any atom is 0.180 e. The molecule has 2 nitrogen and oxygen atoms in total. The minimum atomic E-state index is 0.649. The molecular formula is C11H12N2S2. The molecule has 2 N–H and O–H groups in total. The number of thioether (sulfide) groups is 1. The molecule has 2 aromatic rings. The summed E-state index contributed by atoms with van der Waals surface area (Å²) in [4.78, 5) is 6.58. The zero-order valence-corrected chi connectivity index (χ0v) is 10.1. The molecule has 0 spiro atoms. The third kappa shape index (κ3) is 2.73. The second-order valence-corrected chi connectivity index (χ2v) is 5.38. The summed E-state index contributed by atoms with van der Waals surface area (Å²) in [7, 11) is 0. The number of nitrogens with zero attached hydrogens (tertiary/aromatic N) is 1. The van der Waals surface area contributed by atoms with Gasteiger partial charge in [-0.25, -0.2) is 4.98 Å². The molecule has 15 heavy (non-hydrogen) atoms. The molecule has 0 aliphatic heterocycles. The molecule has 0 aliphatic carbocycles. The highest BCUT2D eigenvalue weighted by Crippen LogP contribution is 2.28. The van der Waals surface area contributed by atoms with Crippen molar-refractivity contribution in [3.05, 3.63) is 40.9 Å². The van der Waals surface area contributed by atoms with Crippen LogP contribution in [0.25, 0.3) is 0 Å². The minimum absolute atomic E-state index is 0.649. The van der Waals surface area contributed by atoms with Crippen molar-refractivity contribution in [3.8, 4) is 0 Å². The Morgan fingerprint density at radius 1 is 1.40 bits per heavy atom. The van der Waals surface area contributed by atoms with E-state index >= 15 is 0 Å². The van der Waals surface area contributed by atoms with Crippen LogP contribution in [-0.2, 0) is 5.75 Å². The summed E-state index contributed by atoms with van der Waals surface area (Å²) in [6.07, 6.45) is 1.85. The zero-order valence-electron chi connectivity index (χ0n) is 8.43. The maximum absolute atomic E-state index is 5.58. The minimum Gasteiger partial charge on any atom is -0.375 e. The first kappa shape index (κ1) is 10.5. The molecule has 0 amide bonds. The van der Waals surface area contributed by atoms with Gasteiger partial charge in [-0.2, -0.15) is 0 Å². The molecule has 0 atom stereocenters. The molecular weight excluding hydrogens is 224 g/mol. The van der Waals surface area contributed by atoms with Gasteiger partial charge < -0.3 is 5.73 Å². The number of nitrogens with two attached hydrogens (primary N) is 1. The van der Waals surface area contributed by atoms with Crippen molar-refractivity contribution < 1.29 is 0 Å². The average molecular weight is 236 g/mol. The van der Waals surface area contributed by atoms with Crippen molar-refractivity contribution in [1.82, 2.24) is 4.98 Å². The van der Waals surface area contributed by atoms with Crippen molar-refractivity contribution in [2.75, 3.05) is 5.73 Å². The predicted octanol–water partition coefficient (Wildman–Crippen LogP) is 3.33. The topological polar surface area (TPSA) is 38.9 Å². The van der Waals surface area contributed by atoms with E-state index in [1.807, 2.05) is 18.0 Å². The Morgan fingerprint density at radius 2 is 2.20 bits per heavy atom. The molecule has 0 fully saturated rings. The van der Waals surface area contributed by atoms with E-state index < -0.39 is 0 Å². The average Bonchev–Trinajstić information content (AvgIpc) is 2.63. The van der Waals surface area contributed by atoms with Gasteiger partial charge in [0.15, 0.2) is 5.13 Å². The fourth-order valence-corrected chi connectivity index (χ4v) is 2.99. The Kier molecular flexibility index (Phi) is 3.28. The van der Waals surface area contributed by atoms with Crippen LogP contribution in [0.3, 0.4) is 0 Å². The van der Waals surface area contributed by atoms with E-state index in [0.717, 1.165) is 5.75 Å². The monoisotopic (exact) mass is 236 g/mol. The second-order valence-electron chi connectivity index (χ2n) is 3.22. The Bertz CT molecular complexity index is 451. The van der Waals surface area contributed by atoms with E-state index in [1.165, 1.54) is 15.3 Å². The maximum atomic E-state index is 5.58. The highest BCUT2D eigenvalue weighted by atomic mass is 32.2. The number of aromatic nitrogens is 1. The van der Waals surface area contributed by atoms with Gasteiger partial charge in [-0.15, -0.1) is 23.1 Å². The Hall–Kier alpha value is -1.00. The van der Waals surface area contributed by atoms with E-state index in [4.69, 9.17) is 5.73 Å². The summed E-state index contributed by atoms with van der Waals surface area (Å²) in [6.45, 7) is 2.13. The normalized spacial score (nSPS) is 10.5. The fraction of sp³-hybridized carbons (Fsp3) is 0.182. The van der Waals surface area contributed by atoms with Crippen LogP contribution in [0.1, 0.15) is 10.4 Å². The van der Waals surface area contributed by atoms with Gasteiger partial charge in [0.1, 0.15) is 0 Å². The molecule has 0 saturated carbocycles. The van der Waals surface area contributed by atoms with Crippen LogP contribution in [0, 0.1) is 6.92 Å². The Morgan fingerprint density at radius 3 is 2.87 bits per heavy atom. The lowest BCUT2D eigenvalue weighted by molar-refractivity contribution is 1.29. The summed E-state index contributed by atoms with van der Waals surface area (Å²) < 4.78 is 0. The molecule has 0 radical (unpaired) electrons. The van der Waals surface area contributed by atoms with Gasteiger partial charge in [-0.05, 0) is 18.6 Å². The van der Waals surface area contributed by atoms with Crippen LogP contribution in [0.15, 0.2) is 35.4 Å². The highest BCUT2D eigenvalue weighted by molar-refractivity contribution is 7.98. The smallest absolute Gasteiger partial charge is 0.180 e. The standard InChI is InChI=1S/C11H12N2S2/c1-8-4-2-3-5-10(8)14-7-9-6-13-11(12)15-9/h2-6H,7H2,1H3,(H2,12,13). The van der Waals surface area contributed by atoms with Gasteiger partial charge in [0.2, 0.25) is 0 Å². The molecule has 4 heteroatoms. The third-order valence-corrected chi connectivity index (χ3v) is 4.27. The number of thiazole rings is 1. The first-order chi connectivity index (χ1) is 7.25. The molecule has 1 heterocycles. The van der Waals surface area contributed by atoms with Crippen LogP contribution in [0.2, 0.25) is 0 Å². The van der Waals surface area contributed by atoms with Gasteiger partial charge in [0.05, 0.1) is 0 Å². The van der Waals surface area contributed by atoms with E-state index in [1.54, 1.807) is 11.3 Å². The van der Waals surface area contributed by atoms with E-state index in [0.29, 0.717) is 5.13 Å². The van der Waals surface area contributed by atoms with Gasteiger partial charge in [0, 0.05) is 21.7 Å². The molecule has 0 bridgehead atoms. The number of anilines is 1. The predicted molar refractivity (Wildman–Crippen MR) is 67.3 cm³/mol. The van der Waals surface area contributed by atoms with Crippen molar-refractivity contribution in [1.29, 1.82) is 0 Å². The van der Waals surface area contributed by atoms with Crippen molar-refractivity contribution in [2.45, 2.75) is 17.6 Å². The Labute approximate surface area is 97.5 Å². The van der Waals surface area contributed by atoms with Crippen LogP contribution < -0.4 is 5.73 Å². The first-order valence-corrected chi connectivity index (χ1v) is 6.44. The number of benzene rings is 1. The SMILES string of the molecule is Cc1ccccc1SCc1cnc(N)s1. The molecule has 0 aliphatic rings. The van der Waals surface area contributed by atoms with E-state index in [9.17, 15) is 0 Å². The fourth-order valence-electron chi connectivity index (χ4n) is 1.26. The summed E-state index contributed by atoms with van der Waals surface area (Å²) in [5.74, 6) is 0.944. The van der Waals surface area contributed by atoms with Crippen LogP contribution in [-0.4, -0.2) is 4.98 Å². The number of aryl methyl sites for hydroxylation is 1. The van der Waals surface area contributed by atoms with Gasteiger partial charge in [-0.1, -0.05) is 18.2 Å². The van der Waals surface area contributed by atoms with Gasteiger partial charge in [-0.3, -0.25) is 0 Å². The lowest BCUT2D eigenvalue weighted by Crippen LogP contribution is -1.79. The van der Waals surface area contributed by atoms with Crippen molar-refractivity contribution >= 4 is 28.2 Å². The summed E-state index contributed by atoms with van der Waals surface area (Å²) >= 11 is 3.39. The molecule has 1 aromatic carbocycles. The van der Waals surface area contributed by atoms with Crippen molar-refractivity contribution in [2.24, 2.45) is 0 Å². The Balaban J connectivity index is 2.02. The largest absolute Gasteiger partial charge is 0.375 e. The molecule has 0 unspecified atom stereocenters. The molecule has 0 saturated heterocycles. The summed E-state index contributed by atoms with van der Waals surface area (Å²) in [5.41, 5.74) is 6.90. The van der Waals surface area contributed by atoms with Crippen LogP contribution in [0.5, 0.6) is 0 Å². The second kappa shape index (κ2) is 4.68. The lowest BCUT2D eigenvalue weighted by Gasteiger charge is -2.02. The van der Waals surface area contributed by atoms with Gasteiger partial charge in [0.25, 0.3) is 0 Å². The summed E-state index contributed by atoms with van der Waals surface area (Å²) in [5, 5.41) is 0.649. The van der Waals surface area contributed by atoms with E-state index in [2.05, 4.69) is 36.2 Å². The number of nitrogen functional groups attached to an aromatic ring is 1. The lowest BCUT2D eigenvalue weighted by atomic mass is 10.2. The third-order valence-electron chi connectivity index (χ3n) is 2.03. The quantitative estimate of drug-likeness (QED) is 0.831. The van der Waals surface area contributed by atoms with Crippen molar-refractivity contribution in [3.63, 3.8) is 0 Å². The zero-order chi connectivity index (χ0) is 10.7. The molecule has 78 valence electrons. The highest BCUT2D eigenvalue weighted by Gasteiger charge is 2.01. The number of rotatable bonds is 3. The van der Waals surface area contributed by atoms with Crippen LogP contribution in [0.4, 0.5) is 5.13 Å². The summed E-state index contributed by atoms with van der Waals surface area (Å²) in [6, 6.07) is 8.40. The van der Waals surface area contributed by atoms with E-state index in [-0.39, 0.29) is 0 Å². The first-order valence-electron chi connectivity index (χ1n) is 4.64. The van der Waals surface area contributed by atoms with Crippen LogP contribution >= 0.6 is 23.1 Å².